The van der Waals surface area contributed by atoms with Crippen LogP contribution in [0, 0.1) is 0 Å². The molecule has 0 amide bonds. The lowest BCUT2D eigenvalue weighted by atomic mass is 10.1. The van der Waals surface area contributed by atoms with Crippen molar-refractivity contribution in [3.05, 3.63) is 103 Å². The monoisotopic (exact) mass is 551 g/mol. The van der Waals surface area contributed by atoms with E-state index in [1.807, 2.05) is 60.7 Å². The molecule has 0 spiro atoms. The summed E-state index contributed by atoms with van der Waals surface area (Å²) in [6, 6.07) is 32.4. The van der Waals surface area contributed by atoms with Gasteiger partial charge in [0, 0.05) is 16.6 Å². The summed E-state index contributed by atoms with van der Waals surface area (Å²) in [4.78, 5) is 3.52. The highest BCUT2D eigenvalue weighted by Crippen LogP contribution is 2.47. The maximum atomic E-state index is 6.54. The predicted molar refractivity (Wildman–Crippen MR) is 162 cm³/mol. The fourth-order valence-corrected chi connectivity index (χ4v) is 6.10. The van der Waals surface area contributed by atoms with Crippen LogP contribution in [-0.2, 0) is 6.61 Å². The number of methoxy groups -OCH3 is 1. The standard InChI is InChI=1S/C34H33NO4S/c1-36-30-17-18-31-32(23-30)40-34(26-9-11-28(12-10-26)38-24-25-7-3-2-4-8-25)33(31)39-29-15-13-27(14-16-29)37-22-21-35-19-5-6-20-35/h2-4,7-18,23H,5-6,19-22,24H2,1H3. The van der Waals surface area contributed by atoms with Gasteiger partial charge in [0.25, 0.3) is 0 Å². The molecule has 6 heteroatoms. The van der Waals surface area contributed by atoms with E-state index in [0.29, 0.717) is 13.2 Å². The van der Waals surface area contributed by atoms with Crippen LogP contribution >= 0.6 is 11.3 Å². The van der Waals surface area contributed by atoms with Crippen LogP contribution < -0.4 is 18.9 Å². The third kappa shape index (κ3) is 6.24. The van der Waals surface area contributed by atoms with Crippen LogP contribution in [0.2, 0.25) is 0 Å². The van der Waals surface area contributed by atoms with Crippen LogP contribution in [0.25, 0.3) is 20.5 Å². The van der Waals surface area contributed by atoms with Crippen LogP contribution in [-0.4, -0.2) is 38.3 Å². The Morgan fingerprint density at radius 3 is 2.15 bits per heavy atom. The van der Waals surface area contributed by atoms with E-state index < -0.39 is 0 Å². The topological polar surface area (TPSA) is 40.2 Å². The van der Waals surface area contributed by atoms with Crippen molar-refractivity contribution in [3.63, 3.8) is 0 Å². The molecule has 0 bridgehead atoms. The van der Waals surface area contributed by atoms with E-state index in [-0.39, 0.29) is 0 Å². The first-order valence-corrected chi connectivity index (χ1v) is 14.6. The summed E-state index contributed by atoms with van der Waals surface area (Å²) in [5.74, 6) is 4.12. The number of benzene rings is 4. The van der Waals surface area contributed by atoms with E-state index in [1.54, 1.807) is 18.4 Å². The summed E-state index contributed by atoms with van der Waals surface area (Å²) in [7, 11) is 1.69. The highest BCUT2D eigenvalue weighted by molar-refractivity contribution is 7.22. The molecule has 0 aliphatic carbocycles. The average molecular weight is 552 g/mol. The van der Waals surface area contributed by atoms with Gasteiger partial charge in [-0.3, -0.25) is 4.90 Å². The number of hydrogen-bond acceptors (Lipinski definition) is 6. The van der Waals surface area contributed by atoms with Crippen molar-refractivity contribution in [2.45, 2.75) is 19.4 Å². The summed E-state index contributed by atoms with van der Waals surface area (Å²) < 4.78 is 25.1. The molecule has 40 heavy (non-hydrogen) atoms. The zero-order chi connectivity index (χ0) is 27.1. The lowest BCUT2D eigenvalue weighted by molar-refractivity contribution is 0.237. The van der Waals surface area contributed by atoms with E-state index in [9.17, 15) is 0 Å². The van der Waals surface area contributed by atoms with Gasteiger partial charge >= 0.3 is 0 Å². The van der Waals surface area contributed by atoms with Crippen molar-refractivity contribution in [1.29, 1.82) is 0 Å². The molecule has 0 N–H and O–H groups in total. The van der Waals surface area contributed by atoms with Gasteiger partial charge in [-0.15, -0.1) is 11.3 Å². The molecule has 1 saturated heterocycles. The molecule has 4 aromatic carbocycles. The Morgan fingerprint density at radius 1 is 0.725 bits per heavy atom. The molecule has 5 aromatic rings. The molecule has 0 radical (unpaired) electrons. The molecular formula is C34H33NO4S. The Bertz CT molecular complexity index is 1520. The Kier molecular flexibility index (Phi) is 8.17. The summed E-state index contributed by atoms with van der Waals surface area (Å²) in [6.45, 7) is 4.58. The van der Waals surface area contributed by atoms with Gasteiger partial charge in [-0.25, -0.2) is 0 Å². The lowest BCUT2D eigenvalue weighted by Gasteiger charge is -2.15. The molecule has 5 nitrogen and oxygen atoms in total. The fraction of sp³-hybridized carbons (Fsp3) is 0.235. The normalized spacial score (nSPS) is 13.4. The van der Waals surface area contributed by atoms with Crippen LogP contribution in [0.4, 0.5) is 0 Å². The van der Waals surface area contributed by atoms with E-state index in [0.717, 1.165) is 61.4 Å². The van der Waals surface area contributed by atoms with Crippen LogP contribution in [0.5, 0.6) is 28.7 Å². The van der Waals surface area contributed by atoms with Crippen LogP contribution in [0.1, 0.15) is 18.4 Å². The van der Waals surface area contributed by atoms with Crippen LogP contribution in [0.15, 0.2) is 97.1 Å². The Balaban J connectivity index is 1.20. The zero-order valence-corrected chi connectivity index (χ0v) is 23.5. The zero-order valence-electron chi connectivity index (χ0n) is 22.7. The second-order valence-electron chi connectivity index (χ2n) is 9.89. The number of thiophene rings is 1. The molecule has 2 heterocycles. The maximum Gasteiger partial charge on any atom is 0.153 e. The molecule has 204 valence electrons. The van der Waals surface area contributed by atoms with Crippen molar-refractivity contribution < 1.29 is 18.9 Å². The molecular weight excluding hydrogens is 518 g/mol. The van der Waals surface area contributed by atoms with Crippen LogP contribution in [0.3, 0.4) is 0 Å². The van der Waals surface area contributed by atoms with Crippen molar-refractivity contribution >= 4 is 21.4 Å². The minimum absolute atomic E-state index is 0.537. The first-order valence-electron chi connectivity index (χ1n) is 13.8. The number of rotatable bonds is 11. The van der Waals surface area contributed by atoms with E-state index in [4.69, 9.17) is 18.9 Å². The number of nitrogens with zero attached hydrogens (tertiary/aromatic N) is 1. The minimum Gasteiger partial charge on any atom is -0.497 e. The molecule has 1 aromatic heterocycles. The van der Waals surface area contributed by atoms with Gasteiger partial charge < -0.3 is 18.9 Å². The molecule has 0 unspecified atom stereocenters. The first-order chi connectivity index (χ1) is 19.7. The number of likely N-dealkylation sites (tertiary alicyclic amines) is 1. The van der Waals surface area contributed by atoms with Crippen molar-refractivity contribution in [1.82, 2.24) is 4.90 Å². The van der Waals surface area contributed by atoms with E-state index in [1.165, 1.54) is 25.9 Å². The average Bonchev–Trinajstić information content (AvgIpc) is 3.65. The Morgan fingerprint density at radius 2 is 1.40 bits per heavy atom. The van der Waals surface area contributed by atoms with Crippen molar-refractivity contribution in [3.8, 4) is 39.2 Å². The van der Waals surface area contributed by atoms with Gasteiger partial charge in [0.05, 0.1) is 12.0 Å². The molecule has 1 aliphatic heterocycles. The van der Waals surface area contributed by atoms with Gasteiger partial charge in [-0.05, 0) is 104 Å². The molecule has 1 aliphatic rings. The fourth-order valence-electron chi connectivity index (χ4n) is 4.94. The summed E-state index contributed by atoms with van der Waals surface area (Å²) >= 11 is 1.69. The number of hydrogen-bond donors (Lipinski definition) is 0. The maximum absolute atomic E-state index is 6.54. The molecule has 0 atom stereocenters. The molecule has 6 rings (SSSR count). The summed E-state index contributed by atoms with van der Waals surface area (Å²) in [6.07, 6.45) is 2.59. The SMILES string of the molecule is COc1ccc2c(Oc3ccc(OCCN4CCCC4)cc3)c(-c3ccc(OCc4ccccc4)cc3)sc2c1. The Hall–Kier alpha value is -4.00. The lowest BCUT2D eigenvalue weighted by Crippen LogP contribution is -2.25. The number of ether oxygens (including phenoxy) is 4. The van der Waals surface area contributed by atoms with E-state index >= 15 is 0 Å². The molecule has 1 fully saturated rings. The largest absolute Gasteiger partial charge is 0.497 e. The van der Waals surface area contributed by atoms with Gasteiger partial charge in [0.1, 0.15) is 36.2 Å². The summed E-state index contributed by atoms with van der Waals surface area (Å²) in [5, 5.41) is 1.05. The highest BCUT2D eigenvalue weighted by Gasteiger charge is 2.18. The van der Waals surface area contributed by atoms with Gasteiger partial charge in [-0.2, -0.15) is 0 Å². The van der Waals surface area contributed by atoms with Gasteiger partial charge in [-0.1, -0.05) is 30.3 Å². The van der Waals surface area contributed by atoms with Gasteiger partial charge in [0.15, 0.2) is 5.75 Å². The Labute approximate surface area is 239 Å². The van der Waals surface area contributed by atoms with Crippen molar-refractivity contribution in [2.75, 3.05) is 33.4 Å². The second-order valence-corrected chi connectivity index (χ2v) is 10.9. The highest BCUT2D eigenvalue weighted by atomic mass is 32.1. The van der Waals surface area contributed by atoms with Gasteiger partial charge in [0.2, 0.25) is 0 Å². The quantitative estimate of drug-likeness (QED) is 0.165. The first kappa shape index (κ1) is 26.2. The van der Waals surface area contributed by atoms with Crippen molar-refractivity contribution in [2.24, 2.45) is 0 Å². The molecule has 0 saturated carbocycles. The smallest absolute Gasteiger partial charge is 0.153 e. The predicted octanol–water partition coefficient (Wildman–Crippen LogP) is 8.42. The third-order valence-electron chi connectivity index (χ3n) is 7.14. The summed E-state index contributed by atoms with van der Waals surface area (Å²) in [5.41, 5.74) is 2.22. The minimum atomic E-state index is 0.537. The van der Waals surface area contributed by atoms with E-state index in [2.05, 4.69) is 41.3 Å². The second kappa shape index (κ2) is 12.5. The third-order valence-corrected chi connectivity index (χ3v) is 8.32. The number of fused-ring (bicyclic) bond motifs is 1.